The fourth-order valence-corrected chi connectivity index (χ4v) is 1.72. The molecule has 4 N–H and O–H groups in total. The van der Waals surface area contributed by atoms with E-state index in [1.165, 1.54) is 18.2 Å². The molecule has 2 aromatic rings. The number of aliphatic hydroxyl groups is 1. The Kier molecular flexibility index (Phi) is 4.89. The maximum atomic E-state index is 12.9. The largest absolute Gasteiger partial charge is 0.508 e. The number of phenols is 1. The number of hydrogen-bond acceptors (Lipinski definition) is 6. The van der Waals surface area contributed by atoms with Gasteiger partial charge < -0.3 is 20.8 Å². The van der Waals surface area contributed by atoms with Crippen molar-refractivity contribution in [3.8, 4) is 5.75 Å². The molecule has 0 fully saturated rings. The van der Waals surface area contributed by atoms with E-state index in [1.807, 2.05) is 0 Å². The van der Waals surface area contributed by atoms with E-state index in [9.17, 15) is 18.3 Å². The Balaban J connectivity index is 2.35. The number of hydrogen-bond donors (Lipinski definition) is 4. The SMILES string of the molecule is C[C@@H](CO)Nc1nc(Nc2cccc(O)c2)cc(C(F)(F)F)n1. The van der Waals surface area contributed by atoms with Crippen LogP contribution >= 0.6 is 0 Å². The monoisotopic (exact) mass is 328 g/mol. The van der Waals surface area contributed by atoms with Crippen molar-refractivity contribution in [2.45, 2.75) is 19.1 Å². The van der Waals surface area contributed by atoms with E-state index in [-0.39, 0.29) is 24.1 Å². The second-order valence-electron chi connectivity index (χ2n) is 4.86. The van der Waals surface area contributed by atoms with Crippen LogP contribution in [0.4, 0.5) is 30.6 Å². The fourth-order valence-electron chi connectivity index (χ4n) is 1.72. The van der Waals surface area contributed by atoms with Gasteiger partial charge in [0, 0.05) is 23.9 Å². The maximum Gasteiger partial charge on any atom is 0.433 e. The molecule has 1 heterocycles. The van der Waals surface area contributed by atoms with Crippen LogP contribution in [-0.2, 0) is 6.18 Å². The summed E-state index contributed by atoms with van der Waals surface area (Å²) in [5.41, 5.74) is -0.749. The molecule has 0 spiro atoms. The van der Waals surface area contributed by atoms with Gasteiger partial charge in [0.2, 0.25) is 5.95 Å². The summed E-state index contributed by atoms with van der Waals surface area (Å²) in [5, 5.41) is 23.6. The third-order valence-electron chi connectivity index (χ3n) is 2.78. The molecule has 2 rings (SSSR count). The molecule has 1 atom stereocenters. The molecule has 1 aromatic heterocycles. The van der Waals surface area contributed by atoms with Crippen LogP contribution in [0.2, 0.25) is 0 Å². The predicted molar refractivity (Wildman–Crippen MR) is 78.6 cm³/mol. The molecular formula is C14H15F3N4O2. The minimum atomic E-state index is -4.64. The molecule has 0 amide bonds. The summed E-state index contributed by atoms with van der Waals surface area (Å²) in [6.07, 6.45) is -4.64. The number of rotatable bonds is 5. The quantitative estimate of drug-likeness (QED) is 0.675. The van der Waals surface area contributed by atoms with Crippen molar-refractivity contribution < 1.29 is 23.4 Å². The van der Waals surface area contributed by atoms with Crippen molar-refractivity contribution in [2.75, 3.05) is 17.2 Å². The average Bonchev–Trinajstić information content (AvgIpc) is 2.46. The van der Waals surface area contributed by atoms with Crippen LogP contribution in [-0.4, -0.2) is 32.8 Å². The number of aromatic nitrogens is 2. The zero-order valence-electron chi connectivity index (χ0n) is 12.1. The summed E-state index contributed by atoms with van der Waals surface area (Å²) in [7, 11) is 0. The number of halogens is 3. The first kappa shape index (κ1) is 16.8. The Bertz CT molecular complexity index is 679. The Labute approximate surface area is 130 Å². The van der Waals surface area contributed by atoms with Crippen LogP contribution in [0.3, 0.4) is 0 Å². The van der Waals surface area contributed by atoms with Gasteiger partial charge in [-0.3, -0.25) is 0 Å². The van der Waals surface area contributed by atoms with Gasteiger partial charge in [-0.2, -0.15) is 18.2 Å². The number of aromatic hydroxyl groups is 1. The van der Waals surface area contributed by atoms with E-state index in [0.717, 1.165) is 6.07 Å². The van der Waals surface area contributed by atoms with Crippen molar-refractivity contribution in [3.05, 3.63) is 36.0 Å². The summed E-state index contributed by atoms with van der Waals surface area (Å²) < 4.78 is 38.8. The standard InChI is InChI=1S/C14H15F3N4O2/c1-8(7-22)18-13-20-11(14(15,16)17)6-12(21-13)19-9-3-2-4-10(23)5-9/h2-6,8,22-23H,7H2,1H3,(H2,18,19,20,21)/t8-/m0/s1. The second kappa shape index (κ2) is 6.69. The van der Waals surface area contributed by atoms with Crippen molar-refractivity contribution in [1.29, 1.82) is 0 Å². The summed E-state index contributed by atoms with van der Waals surface area (Å²) in [5.74, 6) is -0.387. The van der Waals surface area contributed by atoms with E-state index < -0.39 is 17.9 Å². The molecular weight excluding hydrogens is 313 g/mol. The van der Waals surface area contributed by atoms with Crippen molar-refractivity contribution >= 4 is 17.5 Å². The van der Waals surface area contributed by atoms with Gasteiger partial charge in [0.15, 0.2) is 5.69 Å². The van der Waals surface area contributed by atoms with Crippen LogP contribution in [0.25, 0.3) is 0 Å². The van der Waals surface area contributed by atoms with Gasteiger partial charge in [0.05, 0.1) is 6.61 Å². The van der Waals surface area contributed by atoms with Crippen LogP contribution in [0.15, 0.2) is 30.3 Å². The molecule has 124 valence electrons. The Morgan fingerprint density at radius 2 is 1.96 bits per heavy atom. The van der Waals surface area contributed by atoms with Crippen molar-refractivity contribution in [3.63, 3.8) is 0 Å². The molecule has 0 aliphatic carbocycles. The highest BCUT2D eigenvalue weighted by molar-refractivity contribution is 5.59. The Morgan fingerprint density at radius 3 is 2.57 bits per heavy atom. The van der Waals surface area contributed by atoms with Gasteiger partial charge in [0.25, 0.3) is 0 Å². The van der Waals surface area contributed by atoms with Crippen LogP contribution in [0, 0.1) is 0 Å². The van der Waals surface area contributed by atoms with Crippen molar-refractivity contribution in [2.24, 2.45) is 0 Å². The third kappa shape index (κ3) is 4.71. The molecule has 1 aromatic carbocycles. The molecule has 0 aliphatic rings. The molecule has 0 saturated carbocycles. The number of nitrogens with zero attached hydrogens (tertiary/aromatic N) is 2. The summed E-state index contributed by atoms with van der Waals surface area (Å²) in [4.78, 5) is 7.34. The lowest BCUT2D eigenvalue weighted by molar-refractivity contribution is -0.141. The summed E-state index contributed by atoms with van der Waals surface area (Å²) in [6.45, 7) is 1.29. The zero-order chi connectivity index (χ0) is 17.0. The lowest BCUT2D eigenvalue weighted by Crippen LogP contribution is -2.22. The van der Waals surface area contributed by atoms with Crippen LogP contribution in [0.1, 0.15) is 12.6 Å². The van der Waals surface area contributed by atoms with Gasteiger partial charge in [-0.15, -0.1) is 0 Å². The molecule has 6 nitrogen and oxygen atoms in total. The minimum absolute atomic E-state index is 0.0349. The smallest absolute Gasteiger partial charge is 0.433 e. The highest BCUT2D eigenvalue weighted by Crippen LogP contribution is 2.30. The van der Waals surface area contributed by atoms with E-state index in [4.69, 9.17) is 5.11 Å². The normalized spacial score (nSPS) is 12.7. The number of aliphatic hydroxyl groups excluding tert-OH is 1. The first-order valence-electron chi connectivity index (χ1n) is 6.67. The van der Waals surface area contributed by atoms with Gasteiger partial charge in [-0.05, 0) is 19.1 Å². The molecule has 23 heavy (non-hydrogen) atoms. The molecule has 9 heteroatoms. The molecule has 0 unspecified atom stereocenters. The topological polar surface area (TPSA) is 90.3 Å². The predicted octanol–water partition coefficient (Wildman–Crippen LogP) is 2.74. The lowest BCUT2D eigenvalue weighted by Gasteiger charge is -2.15. The number of alkyl halides is 3. The molecule has 0 aliphatic heterocycles. The molecule has 0 saturated heterocycles. The highest BCUT2D eigenvalue weighted by Gasteiger charge is 2.33. The van der Waals surface area contributed by atoms with Gasteiger partial charge in [0.1, 0.15) is 11.6 Å². The van der Waals surface area contributed by atoms with Gasteiger partial charge in [-0.1, -0.05) is 6.07 Å². The average molecular weight is 328 g/mol. The number of anilines is 3. The third-order valence-corrected chi connectivity index (χ3v) is 2.78. The number of nitrogens with one attached hydrogen (secondary N) is 2. The summed E-state index contributed by atoms with van der Waals surface area (Å²) in [6, 6.07) is 6.14. The molecule has 0 bridgehead atoms. The van der Waals surface area contributed by atoms with Crippen LogP contribution < -0.4 is 10.6 Å². The highest BCUT2D eigenvalue weighted by atomic mass is 19.4. The van der Waals surface area contributed by atoms with Crippen LogP contribution in [0.5, 0.6) is 5.75 Å². The summed E-state index contributed by atoms with van der Waals surface area (Å²) >= 11 is 0. The Hall–Kier alpha value is -2.55. The number of benzene rings is 1. The van der Waals surface area contributed by atoms with E-state index in [0.29, 0.717) is 5.69 Å². The first-order valence-corrected chi connectivity index (χ1v) is 6.67. The van der Waals surface area contributed by atoms with E-state index in [1.54, 1.807) is 13.0 Å². The van der Waals surface area contributed by atoms with E-state index in [2.05, 4.69) is 20.6 Å². The number of phenolic OH excluding ortho intramolecular Hbond substituents is 1. The zero-order valence-corrected chi connectivity index (χ0v) is 12.1. The fraction of sp³-hybridized carbons (Fsp3) is 0.286. The molecule has 0 radical (unpaired) electrons. The van der Waals surface area contributed by atoms with Gasteiger partial charge in [-0.25, -0.2) is 4.98 Å². The Morgan fingerprint density at radius 1 is 1.22 bits per heavy atom. The minimum Gasteiger partial charge on any atom is -0.508 e. The van der Waals surface area contributed by atoms with E-state index >= 15 is 0 Å². The lowest BCUT2D eigenvalue weighted by atomic mass is 10.3. The van der Waals surface area contributed by atoms with Crippen molar-refractivity contribution in [1.82, 2.24) is 9.97 Å². The van der Waals surface area contributed by atoms with Gasteiger partial charge >= 0.3 is 6.18 Å². The second-order valence-corrected chi connectivity index (χ2v) is 4.86. The maximum absolute atomic E-state index is 12.9. The first-order chi connectivity index (χ1) is 10.8.